The first-order chi connectivity index (χ1) is 15.9. The third-order valence-electron chi connectivity index (χ3n) is 5.94. The number of aryl methyl sites for hydroxylation is 1. The largest absolute Gasteiger partial charge is 0.345 e. The Hall–Kier alpha value is -2.72. The number of carbonyl (C=O) groups is 1. The van der Waals surface area contributed by atoms with Crippen molar-refractivity contribution in [3.63, 3.8) is 0 Å². The second-order valence-electron chi connectivity index (χ2n) is 8.58. The number of amides is 1. The fraction of sp³-hybridized carbons (Fsp3) is 0.320. The van der Waals surface area contributed by atoms with E-state index < -0.39 is 10.0 Å². The van der Waals surface area contributed by atoms with Crippen molar-refractivity contribution in [2.75, 3.05) is 34.7 Å². The zero-order chi connectivity index (χ0) is 25.4. The van der Waals surface area contributed by atoms with Crippen molar-refractivity contribution in [1.82, 2.24) is 13.8 Å². The van der Waals surface area contributed by atoms with Crippen molar-refractivity contribution < 1.29 is 17.6 Å². The third-order valence-corrected chi connectivity index (χ3v) is 7.75. The van der Waals surface area contributed by atoms with E-state index in [2.05, 4.69) is 0 Å². The maximum absolute atomic E-state index is 14.5. The van der Waals surface area contributed by atoms with E-state index >= 15 is 0 Å². The first-order valence-corrected chi connectivity index (χ1v) is 12.3. The summed E-state index contributed by atoms with van der Waals surface area (Å²) in [6.45, 7) is 3.79. The molecule has 0 radical (unpaired) electrons. The van der Waals surface area contributed by atoms with Gasteiger partial charge in [0.25, 0.3) is 5.91 Å². The van der Waals surface area contributed by atoms with Crippen LogP contribution in [0.2, 0.25) is 0 Å². The number of allylic oxidation sites excluding steroid dienone is 1. The molecule has 35 heavy (non-hydrogen) atoms. The minimum atomic E-state index is -3.65. The average molecular weight is 523 g/mol. The summed E-state index contributed by atoms with van der Waals surface area (Å²) < 4.78 is 43.1. The highest BCUT2D eigenvalue weighted by molar-refractivity contribution is 7.89. The second kappa shape index (κ2) is 10.9. The Kier molecular flexibility index (Phi) is 8.89. The normalized spacial score (nSPS) is 12.2. The van der Waals surface area contributed by atoms with Crippen LogP contribution in [0, 0.1) is 13.8 Å². The Morgan fingerprint density at radius 1 is 1.11 bits per heavy atom. The molecule has 2 aromatic carbocycles. The molecule has 0 aliphatic carbocycles. The fourth-order valence-corrected chi connectivity index (χ4v) is 5.08. The summed E-state index contributed by atoms with van der Waals surface area (Å²) in [5.41, 5.74) is 9.71. The summed E-state index contributed by atoms with van der Waals surface area (Å²) in [6.07, 6.45) is 1.33. The number of nitrogens with zero attached hydrogens (tertiary/aromatic N) is 3. The number of sulfonamides is 1. The van der Waals surface area contributed by atoms with Crippen LogP contribution in [0.5, 0.6) is 0 Å². The highest BCUT2D eigenvalue weighted by Gasteiger charge is 2.24. The molecule has 0 aliphatic heterocycles. The lowest BCUT2D eigenvalue weighted by Crippen LogP contribution is -2.22. The lowest BCUT2D eigenvalue weighted by Gasteiger charge is -2.15. The Balaban J connectivity index is 0.00000432. The number of halogens is 2. The quantitative estimate of drug-likeness (QED) is 0.505. The molecular weight excluding hydrogens is 491 g/mol. The number of aromatic nitrogens is 1. The van der Waals surface area contributed by atoms with Crippen LogP contribution in [0.3, 0.4) is 0 Å². The van der Waals surface area contributed by atoms with Gasteiger partial charge in [0.05, 0.1) is 11.4 Å². The van der Waals surface area contributed by atoms with E-state index in [1.807, 2.05) is 30.5 Å². The summed E-state index contributed by atoms with van der Waals surface area (Å²) >= 11 is 0. The van der Waals surface area contributed by atoms with E-state index in [1.165, 1.54) is 25.1 Å². The van der Waals surface area contributed by atoms with Crippen molar-refractivity contribution in [2.45, 2.75) is 25.3 Å². The molecule has 10 heteroatoms. The molecule has 0 atom stereocenters. The number of benzene rings is 2. The van der Waals surface area contributed by atoms with Crippen molar-refractivity contribution in [3.8, 4) is 11.1 Å². The number of nitrogens with two attached hydrogens (primary N) is 1. The number of hydrogen-bond donors (Lipinski definition) is 1. The maximum atomic E-state index is 14.5. The predicted octanol–water partition coefficient (Wildman–Crippen LogP) is 4.11. The molecule has 3 aromatic rings. The number of carbonyl (C=O) groups excluding carboxylic acids is 1. The van der Waals surface area contributed by atoms with Gasteiger partial charge in [-0.1, -0.05) is 12.1 Å². The summed E-state index contributed by atoms with van der Waals surface area (Å²) in [4.78, 5) is 14.5. The number of hydrogen-bond acceptors (Lipinski definition) is 4. The van der Waals surface area contributed by atoms with Crippen molar-refractivity contribution in [3.05, 3.63) is 65.1 Å². The molecule has 0 unspecified atom stereocenters. The van der Waals surface area contributed by atoms with Crippen molar-refractivity contribution in [2.24, 2.45) is 5.73 Å². The highest BCUT2D eigenvalue weighted by Crippen LogP contribution is 2.39. The first kappa shape index (κ1) is 28.5. The lowest BCUT2D eigenvalue weighted by molar-refractivity contribution is 0.0827. The van der Waals surface area contributed by atoms with E-state index in [9.17, 15) is 17.6 Å². The van der Waals surface area contributed by atoms with Crippen LogP contribution in [-0.4, -0.2) is 62.8 Å². The molecule has 0 spiro atoms. The van der Waals surface area contributed by atoms with Gasteiger partial charge in [-0.05, 0) is 55.3 Å². The van der Waals surface area contributed by atoms with Crippen LogP contribution in [0.25, 0.3) is 22.0 Å². The molecule has 0 bridgehead atoms. The van der Waals surface area contributed by atoms with Crippen molar-refractivity contribution >= 4 is 39.2 Å². The Bertz CT molecular complexity index is 1400. The van der Waals surface area contributed by atoms with Crippen LogP contribution in [-0.2, 0) is 16.6 Å². The van der Waals surface area contributed by atoms with E-state index in [-0.39, 0.29) is 42.1 Å². The molecule has 1 amide bonds. The third kappa shape index (κ3) is 5.28. The van der Waals surface area contributed by atoms with Crippen molar-refractivity contribution in [1.29, 1.82) is 0 Å². The highest BCUT2D eigenvalue weighted by atomic mass is 35.5. The molecular formula is C25H32ClFN4O3S. The van der Waals surface area contributed by atoms with Gasteiger partial charge in [0.1, 0.15) is 5.83 Å². The van der Waals surface area contributed by atoms with Gasteiger partial charge in [-0.15, -0.1) is 12.4 Å². The molecule has 7 nitrogen and oxygen atoms in total. The molecule has 2 N–H and O–H groups in total. The van der Waals surface area contributed by atoms with E-state index in [0.717, 1.165) is 32.0 Å². The standard InChI is InChI=1S/C25H31FN4O3S.ClH/c1-16-21(25(31)28(3)4)10-11-22-23(16)24(17(2)30(22)15-19(26)12-13-27)18-8-7-9-20(14-18)34(32,33)29(5)6;/h7-12,14H,13,15,27H2,1-6H3;1H/b19-12-;. The lowest BCUT2D eigenvalue weighted by atomic mass is 9.96. The minimum Gasteiger partial charge on any atom is -0.345 e. The van der Waals surface area contributed by atoms with Gasteiger partial charge < -0.3 is 15.2 Å². The molecule has 0 aliphatic rings. The summed E-state index contributed by atoms with van der Waals surface area (Å²) in [7, 11) is 2.68. The smallest absolute Gasteiger partial charge is 0.253 e. The Morgan fingerprint density at radius 3 is 2.34 bits per heavy atom. The summed E-state index contributed by atoms with van der Waals surface area (Å²) in [6, 6.07) is 10.2. The van der Waals surface area contributed by atoms with Gasteiger partial charge in [0, 0.05) is 62.5 Å². The monoisotopic (exact) mass is 522 g/mol. The van der Waals surface area contributed by atoms with Gasteiger partial charge >= 0.3 is 0 Å². The Morgan fingerprint density at radius 2 is 1.77 bits per heavy atom. The fourth-order valence-electron chi connectivity index (χ4n) is 4.13. The van der Waals surface area contributed by atoms with Crippen LogP contribution < -0.4 is 5.73 Å². The van der Waals surface area contributed by atoms with Crippen LogP contribution in [0.1, 0.15) is 21.6 Å². The zero-order valence-electron chi connectivity index (χ0n) is 20.8. The van der Waals surface area contributed by atoms with Gasteiger partial charge in [-0.2, -0.15) is 0 Å². The average Bonchev–Trinajstić information content (AvgIpc) is 3.05. The second-order valence-corrected chi connectivity index (χ2v) is 10.7. The molecule has 1 heterocycles. The summed E-state index contributed by atoms with van der Waals surface area (Å²) in [5, 5.41) is 0.783. The van der Waals surface area contributed by atoms with Crippen LogP contribution in [0.4, 0.5) is 4.39 Å². The van der Waals surface area contributed by atoms with E-state index in [1.54, 1.807) is 38.4 Å². The zero-order valence-corrected chi connectivity index (χ0v) is 22.4. The molecule has 1 aromatic heterocycles. The molecule has 3 rings (SSSR count). The predicted molar refractivity (Wildman–Crippen MR) is 141 cm³/mol. The first-order valence-electron chi connectivity index (χ1n) is 10.8. The van der Waals surface area contributed by atoms with E-state index in [0.29, 0.717) is 11.1 Å². The Labute approximate surface area is 212 Å². The van der Waals surface area contributed by atoms with Gasteiger partial charge in [-0.3, -0.25) is 4.79 Å². The number of fused-ring (bicyclic) bond motifs is 1. The van der Waals surface area contributed by atoms with E-state index in [4.69, 9.17) is 5.73 Å². The molecule has 0 saturated heterocycles. The van der Waals surface area contributed by atoms with Gasteiger partial charge in [0.2, 0.25) is 10.0 Å². The molecule has 0 saturated carbocycles. The van der Waals surface area contributed by atoms with Crippen LogP contribution in [0.15, 0.2) is 53.2 Å². The SMILES string of the molecule is Cc1c(C(=O)N(C)C)ccc2c1c(-c1cccc(S(=O)(=O)N(C)C)c1)c(C)n2C/C(F)=C/CN.Cl. The topological polar surface area (TPSA) is 88.6 Å². The number of rotatable bonds is 7. The summed E-state index contributed by atoms with van der Waals surface area (Å²) in [5.74, 6) is -0.516. The maximum Gasteiger partial charge on any atom is 0.253 e. The van der Waals surface area contributed by atoms with Gasteiger partial charge in [0.15, 0.2) is 0 Å². The van der Waals surface area contributed by atoms with Crippen LogP contribution >= 0.6 is 12.4 Å². The minimum absolute atomic E-state index is 0. The molecule has 190 valence electrons. The van der Waals surface area contributed by atoms with Gasteiger partial charge in [-0.25, -0.2) is 17.1 Å². The molecule has 0 fully saturated rings.